The molecule has 2 rings (SSSR count). The summed E-state index contributed by atoms with van der Waals surface area (Å²) in [5, 5.41) is 4.28. The van der Waals surface area contributed by atoms with E-state index in [9.17, 15) is 0 Å². The van der Waals surface area contributed by atoms with Crippen molar-refractivity contribution in [2.24, 2.45) is 11.3 Å². The highest BCUT2D eigenvalue weighted by Crippen LogP contribution is 2.52. The van der Waals surface area contributed by atoms with Crippen molar-refractivity contribution >= 4 is 0 Å². The molecule has 0 saturated heterocycles. The topological polar surface area (TPSA) is 17.8 Å². The lowest BCUT2D eigenvalue weighted by Crippen LogP contribution is -2.03. The monoisotopic (exact) mass is 164 g/mol. The maximum Gasteiger partial charge on any atom is 0.0518 e. The van der Waals surface area contributed by atoms with Crippen LogP contribution in [0, 0.1) is 18.3 Å². The van der Waals surface area contributed by atoms with E-state index in [4.69, 9.17) is 0 Å². The lowest BCUT2D eigenvalue weighted by Gasteiger charge is -2.02. The first-order chi connectivity index (χ1) is 5.58. The third kappa shape index (κ3) is 1.38. The van der Waals surface area contributed by atoms with Crippen LogP contribution < -0.4 is 0 Å². The van der Waals surface area contributed by atoms with Gasteiger partial charge in [0.05, 0.1) is 6.20 Å². The Morgan fingerprint density at radius 1 is 1.67 bits per heavy atom. The minimum atomic E-state index is 0.569. The Kier molecular flexibility index (Phi) is 1.53. The first kappa shape index (κ1) is 7.84. The van der Waals surface area contributed by atoms with Crippen molar-refractivity contribution in [3.63, 3.8) is 0 Å². The molecular weight excluding hydrogens is 148 g/mol. The zero-order valence-corrected chi connectivity index (χ0v) is 8.04. The summed E-state index contributed by atoms with van der Waals surface area (Å²) in [5.41, 5.74) is 1.83. The van der Waals surface area contributed by atoms with Gasteiger partial charge in [-0.25, -0.2) is 0 Å². The summed E-state index contributed by atoms with van der Waals surface area (Å²) in [6.07, 6.45) is 5.40. The fourth-order valence-electron chi connectivity index (χ4n) is 1.68. The zero-order chi connectivity index (χ0) is 8.77. The highest BCUT2D eigenvalue weighted by Gasteiger charge is 2.45. The molecule has 0 aliphatic heterocycles. The molecule has 1 atom stereocenters. The molecule has 0 amide bonds. The van der Waals surface area contributed by atoms with Gasteiger partial charge < -0.3 is 0 Å². The summed E-state index contributed by atoms with van der Waals surface area (Å²) in [7, 11) is 0. The molecule has 66 valence electrons. The average Bonchev–Trinajstić information content (AvgIpc) is 2.41. The number of nitrogens with zero attached hydrogens (tertiary/aromatic N) is 2. The van der Waals surface area contributed by atoms with Crippen LogP contribution in [-0.2, 0) is 6.54 Å². The number of hydrogen-bond acceptors (Lipinski definition) is 1. The Labute approximate surface area is 73.6 Å². The highest BCUT2D eigenvalue weighted by atomic mass is 15.3. The van der Waals surface area contributed by atoms with E-state index in [0.29, 0.717) is 5.41 Å². The second kappa shape index (κ2) is 2.35. The molecule has 1 fully saturated rings. The first-order valence-corrected chi connectivity index (χ1v) is 4.57. The summed E-state index contributed by atoms with van der Waals surface area (Å²) in [4.78, 5) is 0. The molecule has 1 heterocycles. The number of aromatic nitrogens is 2. The molecule has 12 heavy (non-hydrogen) atoms. The van der Waals surface area contributed by atoms with Crippen molar-refractivity contribution in [2.45, 2.75) is 33.7 Å². The predicted octanol–water partition coefficient (Wildman–Crippen LogP) is 2.24. The van der Waals surface area contributed by atoms with Crippen LogP contribution in [0.25, 0.3) is 0 Å². The van der Waals surface area contributed by atoms with Gasteiger partial charge >= 0.3 is 0 Å². The van der Waals surface area contributed by atoms with E-state index in [2.05, 4.69) is 36.7 Å². The molecule has 1 unspecified atom stereocenters. The van der Waals surface area contributed by atoms with Crippen LogP contribution in [0.2, 0.25) is 0 Å². The van der Waals surface area contributed by atoms with Crippen molar-refractivity contribution in [1.82, 2.24) is 9.78 Å². The van der Waals surface area contributed by atoms with Crippen LogP contribution in [0.15, 0.2) is 12.4 Å². The lowest BCUT2D eigenvalue weighted by atomic mass is 10.1. The van der Waals surface area contributed by atoms with Crippen LogP contribution in [0.4, 0.5) is 0 Å². The van der Waals surface area contributed by atoms with Crippen LogP contribution in [-0.4, -0.2) is 9.78 Å². The molecule has 0 aromatic carbocycles. The molecule has 1 saturated carbocycles. The predicted molar refractivity (Wildman–Crippen MR) is 48.9 cm³/mol. The summed E-state index contributed by atoms with van der Waals surface area (Å²) < 4.78 is 2.06. The van der Waals surface area contributed by atoms with Crippen molar-refractivity contribution in [2.75, 3.05) is 0 Å². The van der Waals surface area contributed by atoms with Gasteiger partial charge in [0.25, 0.3) is 0 Å². The SMILES string of the molecule is Cc1cnn(CC2CC2(C)C)c1. The van der Waals surface area contributed by atoms with Crippen molar-refractivity contribution < 1.29 is 0 Å². The van der Waals surface area contributed by atoms with E-state index in [1.807, 2.05) is 6.20 Å². The summed E-state index contributed by atoms with van der Waals surface area (Å²) in [6, 6.07) is 0. The van der Waals surface area contributed by atoms with Gasteiger partial charge in [-0.05, 0) is 30.2 Å². The second-order valence-electron chi connectivity index (χ2n) is 4.63. The molecule has 1 aromatic heterocycles. The van der Waals surface area contributed by atoms with Crippen molar-refractivity contribution in [3.05, 3.63) is 18.0 Å². The molecule has 1 aliphatic rings. The van der Waals surface area contributed by atoms with E-state index in [1.165, 1.54) is 12.0 Å². The molecule has 2 nitrogen and oxygen atoms in total. The third-order valence-corrected chi connectivity index (χ3v) is 2.89. The van der Waals surface area contributed by atoms with E-state index < -0.39 is 0 Å². The third-order valence-electron chi connectivity index (χ3n) is 2.89. The van der Waals surface area contributed by atoms with E-state index in [1.54, 1.807) is 0 Å². The Balaban J connectivity index is 1.97. The van der Waals surface area contributed by atoms with Crippen LogP contribution in [0.1, 0.15) is 25.8 Å². The summed E-state index contributed by atoms with van der Waals surface area (Å²) in [6.45, 7) is 7.84. The number of hydrogen-bond donors (Lipinski definition) is 0. The largest absolute Gasteiger partial charge is 0.272 e. The fraction of sp³-hybridized carbons (Fsp3) is 0.700. The number of rotatable bonds is 2. The molecular formula is C10H16N2. The van der Waals surface area contributed by atoms with E-state index in [0.717, 1.165) is 12.5 Å². The Morgan fingerprint density at radius 2 is 2.33 bits per heavy atom. The molecule has 0 spiro atoms. The van der Waals surface area contributed by atoms with E-state index >= 15 is 0 Å². The van der Waals surface area contributed by atoms with Gasteiger partial charge in [0.2, 0.25) is 0 Å². The fourth-order valence-corrected chi connectivity index (χ4v) is 1.68. The van der Waals surface area contributed by atoms with Crippen LogP contribution in [0.3, 0.4) is 0 Å². The van der Waals surface area contributed by atoms with E-state index in [-0.39, 0.29) is 0 Å². The molecule has 1 aliphatic carbocycles. The lowest BCUT2D eigenvalue weighted by molar-refractivity contribution is 0.472. The zero-order valence-electron chi connectivity index (χ0n) is 8.04. The standard InChI is InChI=1S/C10H16N2/c1-8-5-11-12(6-8)7-9-4-10(9,2)3/h5-6,9H,4,7H2,1-3H3. The second-order valence-corrected chi connectivity index (χ2v) is 4.63. The first-order valence-electron chi connectivity index (χ1n) is 4.57. The van der Waals surface area contributed by atoms with Crippen LogP contribution >= 0.6 is 0 Å². The maximum absolute atomic E-state index is 4.28. The summed E-state index contributed by atoms with van der Waals surface area (Å²) in [5.74, 6) is 0.844. The van der Waals surface area contributed by atoms with Gasteiger partial charge in [-0.3, -0.25) is 4.68 Å². The van der Waals surface area contributed by atoms with Gasteiger partial charge in [0.1, 0.15) is 0 Å². The van der Waals surface area contributed by atoms with Gasteiger partial charge in [-0.2, -0.15) is 5.10 Å². The number of aryl methyl sites for hydroxylation is 1. The summed E-state index contributed by atoms with van der Waals surface area (Å²) >= 11 is 0. The Hall–Kier alpha value is -0.790. The van der Waals surface area contributed by atoms with Gasteiger partial charge in [-0.15, -0.1) is 0 Å². The molecule has 2 heteroatoms. The maximum atomic E-state index is 4.28. The highest BCUT2D eigenvalue weighted by molar-refractivity contribution is 5.01. The average molecular weight is 164 g/mol. The molecule has 1 aromatic rings. The van der Waals surface area contributed by atoms with Gasteiger partial charge in [0, 0.05) is 12.7 Å². The molecule has 0 N–H and O–H groups in total. The minimum absolute atomic E-state index is 0.569. The minimum Gasteiger partial charge on any atom is -0.272 e. The van der Waals surface area contributed by atoms with Gasteiger partial charge in [0.15, 0.2) is 0 Å². The Bertz CT molecular complexity index is 286. The molecule has 0 bridgehead atoms. The van der Waals surface area contributed by atoms with Gasteiger partial charge in [-0.1, -0.05) is 13.8 Å². The van der Waals surface area contributed by atoms with Crippen molar-refractivity contribution in [3.8, 4) is 0 Å². The van der Waals surface area contributed by atoms with Crippen molar-refractivity contribution in [1.29, 1.82) is 0 Å². The Morgan fingerprint density at radius 3 is 2.75 bits per heavy atom. The normalized spacial score (nSPS) is 25.8. The smallest absolute Gasteiger partial charge is 0.0518 e. The van der Waals surface area contributed by atoms with Crippen LogP contribution in [0.5, 0.6) is 0 Å². The molecule has 0 radical (unpaired) electrons. The quantitative estimate of drug-likeness (QED) is 0.655.